The summed E-state index contributed by atoms with van der Waals surface area (Å²) in [5, 5.41) is 0. The third kappa shape index (κ3) is 7.39. The Morgan fingerprint density at radius 3 is 2.36 bits per heavy atom. The van der Waals surface area contributed by atoms with Crippen LogP contribution in [0.2, 0.25) is 0 Å². The average Bonchev–Trinajstić information content (AvgIpc) is 2.79. The minimum Gasteiger partial charge on any atom is -0.493 e. The second-order valence-electron chi connectivity index (χ2n) is 7.66. The first-order chi connectivity index (χ1) is 15.8. The molecule has 0 N–H and O–H groups in total. The Hall–Kier alpha value is -3.26. The Morgan fingerprint density at radius 2 is 1.76 bits per heavy atom. The highest BCUT2D eigenvalue weighted by Gasteiger charge is 2.29. The summed E-state index contributed by atoms with van der Waals surface area (Å²) < 4.78 is 21.9. The van der Waals surface area contributed by atoms with E-state index in [0.717, 1.165) is 12.0 Å². The zero-order chi connectivity index (χ0) is 24.4. The van der Waals surface area contributed by atoms with Crippen molar-refractivity contribution in [3.63, 3.8) is 0 Å². The van der Waals surface area contributed by atoms with Crippen molar-refractivity contribution in [1.82, 2.24) is 4.98 Å². The largest absolute Gasteiger partial charge is 0.493 e. The number of Topliss-reactive ketones (excluding diaryl/α,β-unsaturated/α-hetero) is 1. The molecule has 1 aromatic carbocycles. The van der Waals surface area contributed by atoms with Gasteiger partial charge in [-0.3, -0.25) is 14.4 Å². The zero-order valence-corrected chi connectivity index (χ0v) is 19.7. The molecule has 8 nitrogen and oxygen atoms in total. The highest BCUT2D eigenvalue weighted by Crippen LogP contribution is 2.31. The number of ether oxygens (including phenoxy) is 4. The number of hydrogen-bond donors (Lipinski definition) is 0. The van der Waals surface area contributed by atoms with Crippen LogP contribution >= 0.6 is 0 Å². The predicted octanol–water partition coefficient (Wildman–Crippen LogP) is 4.32. The summed E-state index contributed by atoms with van der Waals surface area (Å²) in [5.74, 6) is -2.23. The highest BCUT2D eigenvalue weighted by molar-refractivity contribution is 5.99. The molecule has 0 aliphatic heterocycles. The molecule has 2 rings (SSSR count). The minimum atomic E-state index is -0.749. The van der Waals surface area contributed by atoms with Gasteiger partial charge in [0.15, 0.2) is 17.2 Å². The van der Waals surface area contributed by atoms with Gasteiger partial charge >= 0.3 is 11.9 Å². The monoisotopic (exact) mass is 457 g/mol. The van der Waals surface area contributed by atoms with Crippen molar-refractivity contribution in [2.24, 2.45) is 5.92 Å². The number of methoxy groups -OCH3 is 1. The minimum absolute atomic E-state index is 0.0662. The first-order valence-corrected chi connectivity index (χ1v) is 10.9. The van der Waals surface area contributed by atoms with Crippen LogP contribution in [0.25, 0.3) is 0 Å². The highest BCUT2D eigenvalue weighted by atomic mass is 16.6. The maximum Gasteiger partial charge on any atom is 0.309 e. The summed E-state index contributed by atoms with van der Waals surface area (Å²) in [6.07, 6.45) is 1.04. The molecular weight excluding hydrogens is 426 g/mol. The number of aromatic nitrogens is 1. The van der Waals surface area contributed by atoms with Crippen molar-refractivity contribution in [1.29, 1.82) is 0 Å². The van der Waals surface area contributed by atoms with Gasteiger partial charge in [-0.05, 0) is 18.9 Å². The summed E-state index contributed by atoms with van der Waals surface area (Å²) in [5.41, 5.74) is 0.826. The van der Waals surface area contributed by atoms with Crippen molar-refractivity contribution >= 4 is 17.7 Å². The Kier molecular flexibility index (Phi) is 10.00. The maximum absolute atomic E-state index is 12.9. The number of pyridine rings is 1. The van der Waals surface area contributed by atoms with Gasteiger partial charge in [-0.25, -0.2) is 4.98 Å². The molecule has 0 unspecified atom stereocenters. The van der Waals surface area contributed by atoms with Crippen molar-refractivity contribution in [3.05, 3.63) is 53.9 Å². The second kappa shape index (κ2) is 12.7. The summed E-state index contributed by atoms with van der Waals surface area (Å²) in [7, 11) is 1.39. The number of rotatable bonds is 12. The van der Waals surface area contributed by atoms with Gasteiger partial charge in [0.1, 0.15) is 12.2 Å². The van der Waals surface area contributed by atoms with E-state index >= 15 is 0 Å². The van der Waals surface area contributed by atoms with E-state index < -0.39 is 35.8 Å². The molecule has 1 heterocycles. The molecule has 2 aromatic rings. The van der Waals surface area contributed by atoms with E-state index in [2.05, 4.69) is 4.98 Å². The van der Waals surface area contributed by atoms with E-state index in [4.69, 9.17) is 18.9 Å². The first kappa shape index (κ1) is 26.0. The molecule has 0 radical (unpaired) electrons. The van der Waals surface area contributed by atoms with Crippen LogP contribution in [0, 0.1) is 5.92 Å². The molecule has 0 saturated heterocycles. The fourth-order valence-electron chi connectivity index (χ4n) is 3.24. The summed E-state index contributed by atoms with van der Waals surface area (Å²) in [4.78, 5) is 41.1. The lowest BCUT2D eigenvalue weighted by Gasteiger charge is -2.26. The predicted molar refractivity (Wildman–Crippen MR) is 121 cm³/mol. The van der Waals surface area contributed by atoms with E-state index in [9.17, 15) is 14.4 Å². The fraction of sp³-hybridized carbons (Fsp3) is 0.440. The van der Waals surface area contributed by atoms with Crippen molar-refractivity contribution in [2.45, 2.75) is 52.7 Å². The molecule has 3 atom stereocenters. The third-order valence-electron chi connectivity index (χ3n) is 4.85. The normalized spacial score (nSPS) is 13.5. The van der Waals surface area contributed by atoms with Crippen LogP contribution in [0.5, 0.6) is 11.5 Å². The molecule has 1 aromatic heterocycles. The fourth-order valence-corrected chi connectivity index (χ4v) is 3.24. The molecule has 0 aliphatic carbocycles. The number of hydrogen-bond acceptors (Lipinski definition) is 8. The number of nitrogens with zero attached hydrogens (tertiary/aromatic N) is 1. The molecule has 0 aliphatic rings. The zero-order valence-electron chi connectivity index (χ0n) is 19.7. The van der Waals surface area contributed by atoms with Crippen molar-refractivity contribution in [3.8, 4) is 11.5 Å². The Balaban J connectivity index is 2.10. The van der Waals surface area contributed by atoms with Crippen molar-refractivity contribution < 1.29 is 33.3 Å². The summed E-state index contributed by atoms with van der Waals surface area (Å²) in [6.45, 7) is 7.11. The number of benzene rings is 1. The van der Waals surface area contributed by atoms with Gasteiger partial charge in [0, 0.05) is 32.2 Å². The van der Waals surface area contributed by atoms with Gasteiger partial charge in [0.25, 0.3) is 0 Å². The molecule has 0 spiro atoms. The van der Waals surface area contributed by atoms with Gasteiger partial charge in [0.05, 0.1) is 13.0 Å². The lowest BCUT2D eigenvalue weighted by molar-refractivity contribution is -0.161. The van der Waals surface area contributed by atoms with Gasteiger partial charge < -0.3 is 18.9 Å². The second-order valence-corrected chi connectivity index (χ2v) is 7.66. The first-order valence-electron chi connectivity index (χ1n) is 10.9. The summed E-state index contributed by atoms with van der Waals surface area (Å²) in [6, 6.07) is 11.0. The number of ketones is 1. The molecule has 0 amide bonds. The van der Waals surface area contributed by atoms with E-state index in [1.807, 2.05) is 37.3 Å². The molecule has 33 heavy (non-hydrogen) atoms. The van der Waals surface area contributed by atoms with Crippen LogP contribution in [-0.4, -0.2) is 42.5 Å². The molecule has 0 fully saturated rings. The summed E-state index contributed by atoms with van der Waals surface area (Å²) >= 11 is 0. The van der Waals surface area contributed by atoms with E-state index in [-0.39, 0.29) is 23.6 Å². The topological polar surface area (TPSA) is 101 Å². The van der Waals surface area contributed by atoms with Crippen LogP contribution in [-0.2, 0) is 19.1 Å². The van der Waals surface area contributed by atoms with Crippen LogP contribution in [0.3, 0.4) is 0 Å². The van der Waals surface area contributed by atoms with Crippen LogP contribution in [0.15, 0.2) is 42.6 Å². The quantitative estimate of drug-likeness (QED) is 0.343. The van der Waals surface area contributed by atoms with E-state index in [0.29, 0.717) is 6.61 Å². The molecule has 178 valence electrons. The number of carbonyl (C=O) groups excluding carboxylic acids is 3. The molecular formula is C25H31NO7. The lowest BCUT2D eigenvalue weighted by atomic mass is 10.0. The van der Waals surface area contributed by atoms with Crippen LogP contribution in [0.4, 0.5) is 0 Å². The van der Waals surface area contributed by atoms with E-state index in [1.54, 1.807) is 13.8 Å². The Labute approximate surface area is 194 Å². The van der Waals surface area contributed by atoms with Crippen LogP contribution < -0.4 is 9.47 Å². The van der Waals surface area contributed by atoms with Crippen molar-refractivity contribution in [2.75, 3.05) is 13.7 Å². The smallest absolute Gasteiger partial charge is 0.309 e. The third-order valence-corrected chi connectivity index (χ3v) is 4.85. The number of carbonyl (C=O) groups is 3. The SMILES string of the molecule is CCCO[C@@H](c1ccccc1)[C@H](C)OC(=O)[C@H](C)CC(=O)c1nccc(OC)c1OC(C)=O. The molecule has 0 saturated carbocycles. The van der Waals surface area contributed by atoms with Gasteiger partial charge in [0.2, 0.25) is 5.75 Å². The van der Waals surface area contributed by atoms with Gasteiger partial charge in [-0.1, -0.05) is 44.2 Å². The van der Waals surface area contributed by atoms with Gasteiger partial charge in [-0.15, -0.1) is 0 Å². The molecule has 0 bridgehead atoms. The van der Waals surface area contributed by atoms with Gasteiger partial charge in [-0.2, -0.15) is 0 Å². The van der Waals surface area contributed by atoms with Crippen LogP contribution in [0.1, 0.15) is 62.7 Å². The number of esters is 2. The lowest BCUT2D eigenvalue weighted by Crippen LogP contribution is -2.28. The maximum atomic E-state index is 12.9. The Bertz CT molecular complexity index is 945. The average molecular weight is 458 g/mol. The molecule has 8 heteroatoms. The van der Waals surface area contributed by atoms with E-state index in [1.165, 1.54) is 26.3 Å². The Morgan fingerprint density at radius 1 is 1.06 bits per heavy atom. The standard InChI is InChI=1S/C25H31NO7/c1-6-14-31-23(19-10-8-7-9-11-19)17(3)32-25(29)16(2)15-20(28)22-24(33-18(4)27)21(30-5)12-13-26-22/h7-13,16-17,23H,6,14-15H2,1-5H3/t16-,17+,23-/m1/s1.